The number of hydrogen-bond donors (Lipinski definition) is 2. The lowest BCUT2D eigenvalue weighted by Gasteiger charge is -2.22. The summed E-state index contributed by atoms with van der Waals surface area (Å²) < 4.78 is 5.63. The van der Waals surface area contributed by atoms with Gasteiger partial charge in [-0.15, -0.1) is 0 Å². The number of rotatable bonds is 8. The second-order valence-corrected chi connectivity index (χ2v) is 5.91. The molecule has 18 heavy (non-hydrogen) atoms. The molecule has 2 saturated carbocycles. The zero-order valence-electron chi connectivity index (χ0n) is 11.4. The average molecular weight is 253 g/mol. The summed E-state index contributed by atoms with van der Waals surface area (Å²) in [5, 5.41) is 13.1. The van der Waals surface area contributed by atoms with Gasteiger partial charge in [0, 0.05) is 18.8 Å². The van der Waals surface area contributed by atoms with Crippen molar-refractivity contribution in [2.24, 2.45) is 11.8 Å². The van der Waals surface area contributed by atoms with Gasteiger partial charge in [0.2, 0.25) is 0 Å². The van der Waals surface area contributed by atoms with Gasteiger partial charge in [0.25, 0.3) is 0 Å². The maximum absolute atomic E-state index is 9.89. The summed E-state index contributed by atoms with van der Waals surface area (Å²) in [5.41, 5.74) is 0.713. The number of nitrogens with one attached hydrogen (secondary N) is 1. The number of aliphatic hydroxyl groups excluding tert-OH is 1. The van der Waals surface area contributed by atoms with Crippen molar-refractivity contribution in [3.8, 4) is 0 Å². The fourth-order valence-electron chi connectivity index (χ4n) is 2.52. The fourth-order valence-corrected chi connectivity index (χ4v) is 2.52. The van der Waals surface area contributed by atoms with E-state index in [9.17, 15) is 5.11 Å². The van der Waals surface area contributed by atoms with Crippen LogP contribution in [-0.2, 0) is 4.74 Å². The zero-order valence-corrected chi connectivity index (χ0v) is 11.4. The highest BCUT2D eigenvalue weighted by Gasteiger charge is 2.22. The van der Waals surface area contributed by atoms with Crippen LogP contribution in [0.4, 0.5) is 0 Å². The highest BCUT2D eigenvalue weighted by molar-refractivity contribution is 5.00. The van der Waals surface area contributed by atoms with Crippen molar-refractivity contribution in [3.63, 3.8) is 0 Å². The van der Waals surface area contributed by atoms with E-state index >= 15 is 0 Å². The number of aliphatic hydroxyl groups is 1. The lowest BCUT2D eigenvalue weighted by molar-refractivity contribution is 0.0273. The van der Waals surface area contributed by atoms with Gasteiger partial charge >= 0.3 is 0 Å². The van der Waals surface area contributed by atoms with Crippen molar-refractivity contribution in [2.75, 3.05) is 19.8 Å². The summed E-state index contributed by atoms with van der Waals surface area (Å²) in [6, 6.07) is 0. The normalized spacial score (nSPS) is 22.7. The zero-order chi connectivity index (χ0) is 12.8. The van der Waals surface area contributed by atoms with Crippen LogP contribution in [0.25, 0.3) is 0 Å². The van der Waals surface area contributed by atoms with Crippen LogP contribution in [0.5, 0.6) is 0 Å². The monoisotopic (exact) mass is 253 g/mol. The van der Waals surface area contributed by atoms with Gasteiger partial charge in [0.05, 0.1) is 6.61 Å². The Morgan fingerprint density at radius 2 is 1.89 bits per heavy atom. The molecule has 2 aliphatic carbocycles. The fraction of sp³-hybridized carbons (Fsp3) is 0.867. The van der Waals surface area contributed by atoms with Crippen LogP contribution in [-0.4, -0.2) is 31.0 Å². The van der Waals surface area contributed by atoms with Crippen LogP contribution in [0.2, 0.25) is 0 Å². The first-order valence-corrected chi connectivity index (χ1v) is 7.44. The predicted octanol–water partition coefficient (Wildman–Crippen LogP) is 2.46. The van der Waals surface area contributed by atoms with E-state index in [0.717, 1.165) is 19.1 Å². The van der Waals surface area contributed by atoms with Crippen LogP contribution in [0, 0.1) is 11.8 Å². The lowest BCUT2D eigenvalue weighted by atomic mass is 9.90. The Morgan fingerprint density at radius 3 is 2.56 bits per heavy atom. The molecular formula is C15H27NO2. The van der Waals surface area contributed by atoms with Crippen molar-refractivity contribution in [3.05, 3.63) is 12.3 Å². The summed E-state index contributed by atoms with van der Waals surface area (Å²) in [5.74, 6) is 1.51. The molecule has 0 saturated heterocycles. The highest BCUT2D eigenvalue weighted by Crippen LogP contribution is 2.28. The van der Waals surface area contributed by atoms with Gasteiger partial charge in [0.1, 0.15) is 6.10 Å². The maximum Gasteiger partial charge on any atom is 0.116 e. The molecular weight excluding hydrogens is 226 g/mol. The van der Waals surface area contributed by atoms with E-state index in [4.69, 9.17) is 4.74 Å². The van der Waals surface area contributed by atoms with Gasteiger partial charge in [-0.2, -0.15) is 0 Å². The molecule has 2 rings (SSSR count). The van der Waals surface area contributed by atoms with E-state index in [2.05, 4.69) is 11.9 Å². The van der Waals surface area contributed by atoms with Crippen molar-refractivity contribution < 1.29 is 9.84 Å². The quantitative estimate of drug-likeness (QED) is 0.698. The molecule has 104 valence electrons. The van der Waals surface area contributed by atoms with Crippen LogP contribution in [0.3, 0.4) is 0 Å². The first-order chi connectivity index (χ1) is 8.75. The minimum absolute atomic E-state index is 0.382. The molecule has 0 amide bonds. The third-order valence-electron chi connectivity index (χ3n) is 4.07. The van der Waals surface area contributed by atoms with Crippen LogP contribution in [0.1, 0.15) is 44.9 Å². The first-order valence-electron chi connectivity index (χ1n) is 7.44. The van der Waals surface area contributed by atoms with Crippen molar-refractivity contribution in [2.45, 2.75) is 51.0 Å². The lowest BCUT2D eigenvalue weighted by Crippen LogP contribution is -2.29. The van der Waals surface area contributed by atoms with Crippen LogP contribution < -0.4 is 5.32 Å². The minimum Gasteiger partial charge on any atom is -0.386 e. The van der Waals surface area contributed by atoms with Gasteiger partial charge in [-0.3, -0.25) is 0 Å². The Kier molecular flexibility index (Phi) is 5.51. The second kappa shape index (κ2) is 7.15. The third kappa shape index (κ3) is 4.99. The van der Waals surface area contributed by atoms with E-state index < -0.39 is 6.10 Å². The molecule has 0 aromatic rings. The van der Waals surface area contributed by atoms with Gasteiger partial charge in [0.15, 0.2) is 0 Å². The van der Waals surface area contributed by atoms with Crippen molar-refractivity contribution >= 4 is 0 Å². The van der Waals surface area contributed by atoms with E-state index in [1.54, 1.807) is 0 Å². The molecule has 3 heteroatoms. The molecule has 0 aromatic heterocycles. The van der Waals surface area contributed by atoms with E-state index in [0.29, 0.717) is 18.2 Å². The average Bonchev–Trinajstić information content (AvgIpc) is 3.21. The Bertz CT molecular complexity index is 257. The molecule has 1 atom stereocenters. The van der Waals surface area contributed by atoms with Gasteiger partial charge in [-0.25, -0.2) is 0 Å². The maximum atomic E-state index is 9.89. The van der Waals surface area contributed by atoms with Crippen molar-refractivity contribution in [1.82, 2.24) is 5.32 Å². The SMILES string of the molecule is C=C(NCC1CC1)C(O)COCC1CCCCC1. The standard InChI is InChI=1S/C15H27NO2/c1-12(16-9-13-7-8-13)15(17)11-18-10-14-5-3-2-4-6-14/h13-17H,1-11H2. The summed E-state index contributed by atoms with van der Waals surface area (Å²) in [6.07, 6.45) is 8.70. The number of hydrogen-bond acceptors (Lipinski definition) is 3. The minimum atomic E-state index is -0.563. The summed E-state index contributed by atoms with van der Waals surface area (Å²) in [4.78, 5) is 0. The van der Waals surface area contributed by atoms with Crippen LogP contribution >= 0.6 is 0 Å². The first kappa shape index (κ1) is 13.9. The summed E-state index contributed by atoms with van der Waals surface area (Å²) in [7, 11) is 0. The van der Waals surface area contributed by atoms with E-state index in [1.807, 2.05) is 0 Å². The Morgan fingerprint density at radius 1 is 1.17 bits per heavy atom. The highest BCUT2D eigenvalue weighted by atomic mass is 16.5. The molecule has 0 bridgehead atoms. The third-order valence-corrected chi connectivity index (χ3v) is 4.07. The summed E-state index contributed by atoms with van der Waals surface area (Å²) in [6.45, 7) is 6.02. The molecule has 0 aliphatic heterocycles. The predicted molar refractivity (Wildman–Crippen MR) is 73.3 cm³/mol. The molecule has 0 aromatic carbocycles. The molecule has 3 nitrogen and oxygen atoms in total. The molecule has 2 aliphatic rings. The van der Waals surface area contributed by atoms with Crippen molar-refractivity contribution in [1.29, 1.82) is 0 Å². The summed E-state index contributed by atoms with van der Waals surface area (Å²) >= 11 is 0. The van der Waals surface area contributed by atoms with Crippen LogP contribution in [0.15, 0.2) is 12.3 Å². The largest absolute Gasteiger partial charge is 0.386 e. The Balaban J connectivity index is 1.52. The van der Waals surface area contributed by atoms with Gasteiger partial charge in [-0.05, 0) is 37.5 Å². The second-order valence-electron chi connectivity index (χ2n) is 5.91. The Hall–Kier alpha value is -0.540. The molecule has 0 heterocycles. The van der Waals surface area contributed by atoms with Gasteiger partial charge in [-0.1, -0.05) is 25.8 Å². The van der Waals surface area contributed by atoms with Gasteiger partial charge < -0.3 is 15.2 Å². The molecule has 2 N–H and O–H groups in total. The van der Waals surface area contributed by atoms with E-state index in [1.165, 1.54) is 44.9 Å². The Labute approximate surface area is 111 Å². The topological polar surface area (TPSA) is 41.5 Å². The molecule has 2 fully saturated rings. The molecule has 0 spiro atoms. The number of ether oxygens (including phenoxy) is 1. The molecule has 0 radical (unpaired) electrons. The molecule has 1 unspecified atom stereocenters. The smallest absolute Gasteiger partial charge is 0.116 e. The van der Waals surface area contributed by atoms with E-state index in [-0.39, 0.29) is 0 Å².